The van der Waals surface area contributed by atoms with Crippen molar-refractivity contribution in [2.75, 3.05) is 19.1 Å². The molecule has 0 spiro atoms. The molecular formula is C13H14BrN3O. The number of hydrogen-bond donors (Lipinski definition) is 0. The minimum absolute atomic E-state index is 0.684. The first kappa shape index (κ1) is 12.8. The van der Waals surface area contributed by atoms with E-state index in [9.17, 15) is 0 Å². The first-order valence-electron chi connectivity index (χ1n) is 5.51. The third-order valence-electron chi connectivity index (χ3n) is 2.55. The van der Waals surface area contributed by atoms with Gasteiger partial charge in [-0.3, -0.25) is 0 Å². The third-order valence-corrected chi connectivity index (χ3v) is 2.96. The molecule has 94 valence electrons. The molecule has 0 aliphatic heterocycles. The number of halogens is 1. The average Bonchev–Trinajstić information content (AvgIpc) is 2.40. The maximum absolute atomic E-state index is 5.33. The van der Waals surface area contributed by atoms with E-state index >= 15 is 0 Å². The normalized spacial score (nSPS) is 10.2. The fourth-order valence-corrected chi connectivity index (χ4v) is 1.87. The van der Waals surface area contributed by atoms with E-state index in [2.05, 4.69) is 25.9 Å². The Hall–Kier alpha value is -1.62. The van der Waals surface area contributed by atoms with Crippen LogP contribution in [0, 0.1) is 0 Å². The fraction of sp³-hybridized carbons (Fsp3) is 0.231. The molecule has 2 aromatic rings. The molecule has 0 amide bonds. The highest BCUT2D eigenvalue weighted by Gasteiger charge is 2.08. The number of para-hydroxylation sites is 1. The van der Waals surface area contributed by atoms with Crippen LogP contribution in [0.2, 0.25) is 0 Å². The van der Waals surface area contributed by atoms with Crippen LogP contribution in [-0.4, -0.2) is 24.1 Å². The first-order chi connectivity index (χ1) is 8.70. The van der Waals surface area contributed by atoms with Crippen LogP contribution >= 0.6 is 15.9 Å². The van der Waals surface area contributed by atoms with Gasteiger partial charge in [0, 0.05) is 31.5 Å². The molecule has 1 aromatic heterocycles. The summed E-state index contributed by atoms with van der Waals surface area (Å²) in [4.78, 5) is 10.5. The van der Waals surface area contributed by atoms with Crippen molar-refractivity contribution in [1.29, 1.82) is 0 Å². The summed E-state index contributed by atoms with van der Waals surface area (Å²) in [6, 6.07) is 7.94. The van der Waals surface area contributed by atoms with E-state index in [4.69, 9.17) is 4.74 Å². The molecule has 1 heterocycles. The third kappa shape index (κ3) is 2.98. The van der Waals surface area contributed by atoms with Gasteiger partial charge in [-0.2, -0.15) is 0 Å². The van der Waals surface area contributed by atoms with Crippen LogP contribution in [0.15, 0.2) is 41.1 Å². The van der Waals surface area contributed by atoms with Crippen LogP contribution in [0.3, 0.4) is 0 Å². The van der Waals surface area contributed by atoms with Crippen molar-refractivity contribution in [2.45, 2.75) is 6.54 Å². The number of nitrogens with zero attached hydrogens (tertiary/aromatic N) is 3. The highest BCUT2D eigenvalue weighted by molar-refractivity contribution is 9.10. The average molecular weight is 308 g/mol. The van der Waals surface area contributed by atoms with Crippen LogP contribution in [0.4, 0.5) is 5.95 Å². The fourth-order valence-electron chi connectivity index (χ4n) is 1.66. The molecule has 0 atom stereocenters. The highest BCUT2D eigenvalue weighted by Crippen LogP contribution is 2.20. The Balaban J connectivity index is 2.15. The predicted molar refractivity (Wildman–Crippen MR) is 74.8 cm³/mol. The van der Waals surface area contributed by atoms with E-state index in [0.717, 1.165) is 15.8 Å². The van der Waals surface area contributed by atoms with E-state index in [1.165, 1.54) is 0 Å². The number of ether oxygens (including phenoxy) is 1. The predicted octanol–water partition coefficient (Wildman–Crippen LogP) is 2.88. The molecule has 0 saturated heterocycles. The van der Waals surface area contributed by atoms with Gasteiger partial charge < -0.3 is 9.64 Å². The van der Waals surface area contributed by atoms with Crippen molar-refractivity contribution in [3.05, 3.63) is 46.7 Å². The molecule has 0 radical (unpaired) electrons. The monoisotopic (exact) mass is 307 g/mol. The molecule has 0 aliphatic rings. The lowest BCUT2D eigenvalue weighted by Gasteiger charge is -2.18. The summed E-state index contributed by atoms with van der Waals surface area (Å²) in [6.07, 6.45) is 3.47. The minimum atomic E-state index is 0.684. The molecule has 0 N–H and O–H groups in total. The molecule has 5 heteroatoms. The molecule has 0 fully saturated rings. The molecule has 0 bridgehead atoms. The number of anilines is 1. The van der Waals surface area contributed by atoms with E-state index < -0.39 is 0 Å². The Morgan fingerprint density at radius 3 is 2.56 bits per heavy atom. The number of benzene rings is 1. The van der Waals surface area contributed by atoms with E-state index in [-0.39, 0.29) is 0 Å². The second-order valence-electron chi connectivity index (χ2n) is 3.87. The highest BCUT2D eigenvalue weighted by atomic mass is 79.9. The van der Waals surface area contributed by atoms with Crippen LogP contribution in [-0.2, 0) is 6.54 Å². The molecule has 4 nitrogen and oxygen atoms in total. The summed E-state index contributed by atoms with van der Waals surface area (Å²) < 4.78 is 6.20. The van der Waals surface area contributed by atoms with Crippen molar-refractivity contribution in [3.8, 4) is 5.75 Å². The van der Waals surface area contributed by atoms with Gasteiger partial charge >= 0.3 is 0 Å². The summed E-state index contributed by atoms with van der Waals surface area (Å²) in [5, 5.41) is 0. The van der Waals surface area contributed by atoms with Crippen molar-refractivity contribution in [2.24, 2.45) is 0 Å². The number of methoxy groups -OCH3 is 1. The van der Waals surface area contributed by atoms with E-state index in [1.54, 1.807) is 19.5 Å². The van der Waals surface area contributed by atoms with Crippen LogP contribution < -0.4 is 9.64 Å². The van der Waals surface area contributed by atoms with Crippen LogP contribution in [0.25, 0.3) is 0 Å². The van der Waals surface area contributed by atoms with Gasteiger partial charge in [-0.25, -0.2) is 9.97 Å². The molecule has 18 heavy (non-hydrogen) atoms. The summed E-state index contributed by atoms with van der Waals surface area (Å²) in [5.41, 5.74) is 1.11. The Bertz CT molecular complexity index is 516. The number of hydrogen-bond acceptors (Lipinski definition) is 4. The molecule has 2 rings (SSSR count). The largest absolute Gasteiger partial charge is 0.496 e. The van der Waals surface area contributed by atoms with E-state index in [0.29, 0.717) is 12.5 Å². The van der Waals surface area contributed by atoms with Crippen molar-refractivity contribution >= 4 is 21.9 Å². The molecule has 0 unspecified atom stereocenters. The molecule has 0 aliphatic carbocycles. The Morgan fingerprint density at radius 1 is 1.22 bits per heavy atom. The zero-order valence-electron chi connectivity index (χ0n) is 10.3. The molecule has 1 aromatic carbocycles. The Labute approximate surface area is 115 Å². The summed E-state index contributed by atoms with van der Waals surface area (Å²) in [5.74, 6) is 1.56. The summed E-state index contributed by atoms with van der Waals surface area (Å²) in [6.45, 7) is 0.700. The van der Waals surface area contributed by atoms with Gasteiger partial charge in [0.1, 0.15) is 5.75 Å². The van der Waals surface area contributed by atoms with Crippen molar-refractivity contribution < 1.29 is 4.74 Å². The topological polar surface area (TPSA) is 38.2 Å². The van der Waals surface area contributed by atoms with Gasteiger partial charge in [0.05, 0.1) is 11.6 Å². The maximum atomic E-state index is 5.33. The van der Waals surface area contributed by atoms with Crippen molar-refractivity contribution in [3.63, 3.8) is 0 Å². The van der Waals surface area contributed by atoms with E-state index in [1.807, 2.05) is 36.2 Å². The van der Waals surface area contributed by atoms with Crippen LogP contribution in [0.5, 0.6) is 5.75 Å². The van der Waals surface area contributed by atoms with Crippen LogP contribution in [0.1, 0.15) is 5.56 Å². The lowest BCUT2D eigenvalue weighted by Crippen LogP contribution is -2.19. The van der Waals surface area contributed by atoms with Gasteiger partial charge in [-0.1, -0.05) is 18.2 Å². The lowest BCUT2D eigenvalue weighted by atomic mass is 10.2. The quantitative estimate of drug-likeness (QED) is 0.870. The van der Waals surface area contributed by atoms with Crippen molar-refractivity contribution in [1.82, 2.24) is 9.97 Å². The van der Waals surface area contributed by atoms with Gasteiger partial charge in [0.15, 0.2) is 0 Å². The SMILES string of the molecule is COc1ccccc1CN(C)c1ncc(Br)cn1. The summed E-state index contributed by atoms with van der Waals surface area (Å²) in [7, 11) is 3.63. The lowest BCUT2D eigenvalue weighted by molar-refractivity contribution is 0.409. The van der Waals surface area contributed by atoms with Gasteiger partial charge in [-0.05, 0) is 22.0 Å². The maximum Gasteiger partial charge on any atom is 0.225 e. The second-order valence-corrected chi connectivity index (χ2v) is 4.78. The zero-order chi connectivity index (χ0) is 13.0. The Kier molecular flexibility index (Phi) is 4.15. The molecule has 0 saturated carbocycles. The number of aromatic nitrogens is 2. The minimum Gasteiger partial charge on any atom is -0.496 e. The smallest absolute Gasteiger partial charge is 0.225 e. The molecular weight excluding hydrogens is 294 g/mol. The van der Waals surface area contributed by atoms with Gasteiger partial charge in [0.2, 0.25) is 5.95 Å². The summed E-state index contributed by atoms with van der Waals surface area (Å²) >= 11 is 3.32. The van der Waals surface area contributed by atoms with Gasteiger partial charge in [0.25, 0.3) is 0 Å². The second kappa shape index (κ2) is 5.82. The first-order valence-corrected chi connectivity index (χ1v) is 6.30. The Morgan fingerprint density at radius 2 is 1.89 bits per heavy atom. The standard InChI is InChI=1S/C13H14BrN3O/c1-17(13-15-7-11(14)8-16-13)9-10-5-3-4-6-12(10)18-2/h3-8H,9H2,1-2H3. The number of rotatable bonds is 4. The van der Waals surface area contributed by atoms with Gasteiger partial charge in [-0.15, -0.1) is 0 Å². The zero-order valence-corrected chi connectivity index (χ0v) is 11.9.